The molecule has 0 aromatic heterocycles. The minimum absolute atomic E-state index is 0.619. The van der Waals surface area contributed by atoms with Crippen LogP contribution < -0.4 is 0 Å². The zero-order valence-corrected chi connectivity index (χ0v) is 8.79. The van der Waals surface area contributed by atoms with Gasteiger partial charge >= 0.3 is 5.97 Å². The first-order valence-corrected chi connectivity index (χ1v) is 4.50. The lowest BCUT2D eigenvalue weighted by Crippen LogP contribution is -1.91. The predicted octanol–water partition coefficient (Wildman–Crippen LogP) is 3.01. The Morgan fingerprint density at radius 2 is 1.85 bits per heavy atom. The average Bonchev–Trinajstić information content (AvgIpc) is 1.80. The summed E-state index contributed by atoms with van der Waals surface area (Å²) in [5.41, 5.74) is 2.02. The van der Waals surface area contributed by atoms with E-state index in [-0.39, 0.29) is 0 Å². The van der Waals surface area contributed by atoms with Crippen LogP contribution in [0.2, 0.25) is 0 Å². The first-order chi connectivity index (χ1) is 5.91. The molecule has 0 aromatic carbocycles. The molecular formula is C11H18O2. The quantitative estimate of drug-likeness (QED) is 0.536. The molecule has 2 heteroatoms. The second kappa shape index (κ2) is 5.57. The normalized spacial score (nSPS) is 13.6. The van der Waals surface area contributed by atoms with Gasteiger partial charge in [-0.05, 0) is 31.8 Å². The second-order valence-electron chi connectivity index (χ2n) is 3.82. The number of hydrogen-bond donors (Lipinski definition) is 1. The largest absolute Gasteiger partial charge is 0.478 e. The summed E-state index contributed by atoms with van der Waals surface area (Å²) in [6.45, 7) is 8.12. The van der Waals surface area contributed by atoms with E-state index in [2.05, 4.69) is 13.8 Å². The number of carboxylic acids is 1. The summed E-state index contributed by atoms with van der Waals surface area (Å²) in [5.74, 6) is -0.264. The zero-order chi connectivity index (χ0) is 10.4. The van der Waals surface area contributed by atoms with Crippen molar-refractivity contribution in [1.29, 1.82) is 0 Å². The average molecular weight is 182 g/mol. The van der Waals surface area contributed by atoms with Crippen LogP contribution in [0.5, 0.6) is 0 Å². The first-order valence-electron chi connectivity index (χ1n) is 4.50. The van der Waals surface area contributed by atoms with Gasteiger partial charge in [0.05, 0.1) is 0 Å². The van der Waals surface area contributed by atoms with Crippen molar-refractivity contribution >= 4 is 5.97 Å². The maximum Gasteiger partial charge on any atom is 0.328 e. The molecule has 0 unspecified atom stereocenters. The van der Waals surface area contributed by atoms with Gasteiger partial charge in [-0.1, -0.05) is 25.5 Å². The van der Waals surface area contributed by atoms with Crippen LogP contribution in [0.3, 0.4) is 0 Å². The van der Waals surface area contributed by atoms with Gasteiger partial charge in [0.25, 0.3) is 0 Å². The van der Waals surface area contributed by atoms with E-state index < -0.39 is 5.97 Å². The fraction of sp³-hybridized carbons (Fsp3) is 0.545. The third kappa shape index (κ3) is 7.32. The molecule has 2 nitrogen and oxygen atoms in total. The number of allylic oxidation sites excluding steroid dienone is 3. The molecule has 0 aliphatic rings. The van der Waals surface area contributed by atoms with Gasteiger partial charge in [0, 0.05) is 6.08 Å². The Bertz CT molecular complexity index is 234. The van der Waals surface area contributed by atoms with E-state index in [0.29, 0.717) is 5.92 Å². The van der Waals surface area contributed by atoms with Gasteiger partial charge in [-0.15, -0.1) is 0 Å². The lowest BCUT2D eigenvalue weighted by molar-refractivity contribution is -0.131. The minimum atomic E-state index is -0.883. The monoisotopic (exact) mass is 182 g/mol. The van der Waals surface area contributed by atoms with Crippen LogP contribution in [-0.2, 0) is 4.79 Å². The van der Waals surface area contributed by atoms with Gasteiger partial charge in [0.15, 0.2) is 0 Å². The topological polar surface area (TPSA) is 37.3 Å². The smallest absolute Gasteiger partial charge is 0.328 e. The van der Waals surface area contributed by atoms with E-state index in [1.54, 1.807) is 6.92 Å². The van der Waals surface area contributed by atoms with E-state index in [0.717, 1.165) is 12.0 Å². The summed E-state index contributed by atoms with van der Waals surface area (Å²) in [5, 5.41) is 8.47. The highest BCUT2D eigenvalue weighted by Gasteiger charge is 1.96. The first kappa shape index (κ1) is 11.9. The Morgan fingerprint density at radius 1 is 1.31 bits per heavy atom. The van der Waals surface area contributed by atoms with Crippen LogP contribution >= 0.6 is 0 Å². The Morgan fingerprint density at radius 3 is 2.23 bits per heavy atom. The molecule has 74 valence electrons. The van der Waals surface area contributed by atoms with Gasteiger partial charge in [0.2, 0.25) is 0 Å². The highest BCUT2D eigenvalue weighted by atomic mass is 16.4. The highest BCUT2D eigenvalue weighted by molar-refractivity contribution is 5.81. The van der Waals surface area contributed by atoms with E-state index in [1.165, 1.54) is 11.6 Å². The Hall–Kier alpha value is -1.05. The van der Waals surface area contributed by atoms with Crippen LogP contribution in [0, 0.1) is 5.92 Å². The second-order valence-corrected chi connectivity index (χ2v) is 3.82. The number of hydrogen-bond acceptors (Lipinski definition) is 1. The molecule has 1 N–H and O–H groups in total. The summed E-state index contributed by atoms with van der Waals surface area (Å²) in [6.07, 6.45) is 4.17. The predicted molar refractivity (Wildman–Crippen MR) is 54.6 cm³/mol. The summed E-state index contributed by atoms with van der Waals surface area (Å²) in [6, 6.07) is 0. The van der Waals surface area contributed by atoms with Crippen molar-refractivity contribution in [1.82, 2.24) is 0 Å². The lowest BCUT2D eigenvalue weighted by atomic mass is 10.0. The van der Waals surface area contributed by atoms with Crippen molar-refractivity contribution in [2.75, 3.05) is 0 Å². The Kier molecular flexibility index (Phi) is 5.12. The number of rotatable bonds is 4. The molecule has 0 bridgehead atoms. The molecule has 0 saturated heterocycles. The SMILES string of the molecule is CC(=C\C(=O)O)/C=C(\C)CC(C)C. The molecule has 0 aliphatic carbocycles. The standard InChI is InChI=1S/C11H18O2/c1-8(2)5-9(3)6-10(4)7-11(12)13/h6-8H,5H2,1-4H3,(H,12,13)/b9-6+,10-7+. The molecular weight excluding hydrogens is 164 g/mol. The van der Waals surface area contributed by atoms with Gasteiger partial charge in [0.1, 0.15) is 0 Å². The maximum absolute atomic E-state index is 10.3. The van der Waals surface area contributed by atoms with E-state index in [1.807, 2.05) is 13.0 Å². The van der Waals surface area contributed by atoms with Crippen molar-refractivity contribution < 1.29 is 9.90 Å². The number of carboxylic acid groups (broad SMARTS) is 1. The van der Waals surface area contributed by atoms with Crippen molar-refractivity contribution in [2.24, 2.45) is 5.92 Å². The van der Waals surface area contributed by atoms with E-state index in [9.17, 15) is 4.79 Å². The van der Waals surface area contributed by atoms with Crippen LogP contribution in [0.4, 0.5) is 0 Å². The van der Waals surface area contributed by atoms with Crippen LogP contribution in [0.1, 0.15) is 34.1 Å². The van der Waals surface area contributed by atoms with Crippen molar-refractivity contribution in [3.63, 3.8) is 0 Å². The van der Waals surface area contributed by atoms with Crippen LogP contribution in [0.25, 0.3) is 0 Å². The third-order valence-electron chi connectivity index (χ3n) is 1.56. The van der Waals surface area contributed by atoms with E-state index >= 15 is 0 Å². The molecule has 13 heavy (non-hydrogen) atoms. The highest BCUT2D eigenvalue weighted by Crippen LogP contribution is 2.11. The third-order valence-corrected chi connectivity index (χ3v) is 1.56. The fourth-order valence-corrected chi connectivity index (χ4v) is 1.33. The molecule has 0 heterocycles. The molecule has 0 saturated carbocycles. The number of aliphatic carboxylic acids is 1. The molecule has 0 spiro atoms. The Balaban J connectivity index is 4.29. The van der Waals surface area contributed by atoms with Crippen molar-refractivity contribution in [3.05, 3.63) is 23.3 Å². The Labute approximate surface area is 80.0 Å². The lowest BCUT2D eigenvalue weighted by Gasteiger charge is -2.04. The summed E-state index contributed by atoms with van der Waals surface area (Å²) >= 11 is 0. The summed E-state index contributed by atoms with van der Waals surface area (Å²) in [7, 11) is 0. The fourth-order valence-electron chi connectivity index (χ4n) is 1.33. The molecule has 0 aliphatic heterocycles. The molecule has 0 radical (unpaired) electrons. The van der Waals surface area contributed by atoms with Gasteiger partial charge in [-0.3, -0.25) is 0 Å². The van der Waals surface area contributed by atoms with Gasteiger partial charge in [-0.25, -0.2) is 4.79 Å². The minimum Gasteiger partial charge on any atom is -0.478 e. The van der Waals surface area contributed by atoms with Crippen LogP contribution in [0.15, 0.2) is 23.3 Å². The maximum atomic E-state index is 10.3. The van der Waals surface area contributed by atoms with Gasteiger partial charge < -0.3 is 5.11 Å². The van der Waals surface area contributed by atoms with E-state index in [4.69, 9.17) is 5.11 Å². The number of carbonyl (C=O) groups is 1. The molecule has 0 amide bonds. The molecule has 0 atom stereocenters. The molecule has 0 fully saturated rings. The van der Waals surface area contributed by atoms with Crippen LogP contribution in [-0.4, -0.2) is 11.1 Å². The van der Waals surface area contributed by atoms with Crippen molar-refractivity contribution in [2.45, 2.75) is 34.1 Å². The van der Waals surface area contributed by atoms with Gasteiger partial charge in [-0.2, -0.15) is 0 Å². The molecule has 0 aromatic rings. The zero-order valence-electron chi connectivity index (χ0n) is 8.79. The summed E-state index contributed by atoms with van der Waals surface area (Å²) < 4.78 is 0. The summed E-state index contributed by atoms with van der Waals surface area (Å²) in [4.78, 5) is 10.3. The molecule has 0 rings (SSSR count). The van der Waals surface area contributed by atoms with Crippen molar-refractivity contribution in [3.8, 4) is 0 Å².